The average Bonchev–Trinajstić information content (AvgIpc) is 3.00. The first-order valence-corrected chi connectivity index (χ1v) is 14.4. The molecular formula is C31H41N5O4. The number of piperidine rings is 1. The maximum absolute atomic E-state index is 13.1. The smallest absolute Gasteiger partial charge is 0.236 e. The van der Waals surface area contributed by atoms with Gasteiger partial charge in [0.2, 0.25) is 11.8 Å². The zero-order chi connectivity index (χ0) is 27.7. The van der Waals surface area contributed by atoms with Crippen molar-refractivity contribution in [3.05, 3.63) is 66.0 Å². The average molecular weight is 548 g/mol. The van der Waals surface area contributed by atoms with Crippen LogP contribution in [0.5, 0.6) is 5.75 Å². The molecule has 2 saturated heterocycles. The second-order valence-corrected chi connectivity index (χ2v) is 10.9. The summed E-state index contributed by atoms with van der Waals surface area (Å²) >= 11 is 0. The van der Waals surface area contributed by atoms with E-state index in [-0.39, 0.29) is 30.2 Å². The highest BCUT2D eigenvalue weighted by Crippen LogP contribution is 2.30. The lowest BCUT2D eigenvalue weighted by molar-refractivity contribution is -0.137. The SMILES string of the molecule is CN(CCc1ccccn1)c1ccc2c(c1)CNCC(=O)N1CC[C@@H](CC(=O)N3CCOCC3)[C@@H](/C=C/CO2)C1. The van der Waals surface area contributed by atoms with Gasteiger partial charge in [-0.25, -0.2) is 0 Å². The van der Waals surface area contributed by atoms with E-state index in [0.29, 0.717) is 59.0 Å². The molecule has 0 aliphatic carbocycles. The maximum atomic E-state index is 13.1. The van der Waals surface area contributed by atoms with E-state index in [4.69, 9.17) is 9.47 Å². The third kappa shape index (κ3) is 7.40. The van der Waals surface area contributed by atoms with E-state index in [1.165, 1.54) is 0 Å². The number of pyridine rings is 1. The molecule has 0 spiro atoms. The number of fused-ring (bicyclic) bond motifs is 3. The topological polar surface area (TPSA) is 87.2 Å². The predicted molar refractivity (Wildman–Crippen MR) is 154 cm³/mol. The van der Waals surface area contributed by atoms with Crippen molar-refractivity contribution in [2.45, 2.75) is 25.8 Å². The number of ether oxygens (including phenoxy) is 2. The van der Waals surface area contributed by atoms with Crippen molar-refractivity contribution in [3.8, 4) is 5.75 Å². The minimum Gasteiger partial charge on any atom is -0.489 e. The predicted octanol–water partition coefficient (Wildman–Crippen LogP) is 2.51. The number of nitrogens with zero attached hydrogens (tertiary/aromatic N) is 4. The summed E-state index contributed by atoms with van der Waals surface area (Å²) in [4.78, 5) is 36.6. The second kappa shape index (κ2) is 13.8. The summed E-state index contributed by atoms with van der Waals surface area (Å²) < 4.78 is 11.6. The number of carbonyl (C=O) groups is 2. The van der Waals surface area contributed by atoms with Crippen molar-refractivity contribution in [2.75, 3.05) is 71.0 Å². The Morgan fingerprint density at radius 3 is 2.85 bits per heavy atom. The van der Waals surface area contributed by atoms with Gasteiger partial charge in [-0.05, 0) is 48.6 Å². The minimum absolute atomic E-state index is 0.0988. The molecule has 0 radical (unpaired) electrons. The van der Waals surface area contributed by atoms with Crippen LogP contribution in [-0.2, 0) is 27.3 Å². The molecule has 2 aromatic rings. The number of likely N-dealkylation sites (N-methyl/N-ethyl adjacent to an activating group) is 1. The number of anilines is 1. The first-order valence-electron chi connectivity index (χ1n) is 14.4. The molecule has 2 atom stereocenters. The lowest BCUT2D eigenvalue weighted by atomic mass is 9.82. The van der Waals surface area contributed by atoms with Crippen LogP contribution in [-0.4, -0.2) is 92.7 Å². The molecule has 4 heterocycles. The van der Waals surface area contributed by atoms with Crippen molar-refractivity contribution in [3.63, 3.8) is 0 Å². The summed E-state index contributed by atoms with van der Waals surface area (Å²) in [6, 6.07) is 12.2. The van der Waals surface area contributed by atoms with Crippen molar-refractivity contribution >= 4 is 17.5 Å². The van der Waals surface area contributed by atoms with Crippen LogP contribution in [0.4, 0.5) is 5.69 Å². The van der Waals surface area contributed by atoms with Crippen LogP contribution in [0.3, 0.4) is 0 Å². The Labute approximate surface area is 237 Å². The lowest BCUT2D eigenvalue weighted by Gasteiger charge is -2.38. The quantitative estimate of drug-likeness (QED) is 0.556. The normalized spacial score (nSPS) is 22.7. The number of aromatic nitrogens is 1. The van der Waals surface area contributed by atoms with Gasteiger partial charge in [-0.15, -0.1) is 0 Å². The lowest BCUT2D eigenvalue weighted by Crippen LogP contribution is -2.48. The number of benzene rings is 1. The summed E-state index contributed by atoms with van der Waals surface area (Å²) in [5.74, 6) is 1.44. The summed E-state index contributed by atoms with van der Waals surface area (Å²) in [5, 5.41) is 3.35. The van der Waals surface area contributed by atoms with Gasteiger partial charge in [0.15, 0.2) is 0 Å². The van der Waals surface area contributed by atoms with Crippen molar-refractivity contribution in [1.29, 1.82) is 0 Å². The molecular weight excluding hydrogens is 506 g/mol. The van der Waals surface area contributed by atoms with E-state index < -0.39 is 0 Å². The van der Waals surface area contributed by atoms with Gasteiger partial charge in [0.25, 0.3) is 0 Å². The molecule has 0 saturated carbocycles. The molecule has 9 nitrogen and oxygen atoms in total. The summed E-state index contributed by atoms with van der Waals surface area (Å²) in [7, 11) is 2.08. The molecule has 3 aliphatic rings. The van der Waals surface area contributed by atoms with Gasteiger partial charge in [-0.2, -0.15) is 0 Å². The molecule has 2 bridgehead atoms. The first-order chi connectivity index (χ1) is 19.6. The molecule has 0 unspecified atom stereocenters. The molecule has 3 aliphatic heterocycles. The van der Waals surface area contributed by atoms with Crippen LogP contribution in [0, 0.1) is 11.8 Å². The number of carbonyl (C=O) groups excluding carboxylic acids is 2. The fraction of sp³-hybridized carbons (Fsp3) is 0.516. The Hall–Kier alpha value is -3.43. The standard InChI is InChI=1S/C31H41N5O4/c1-34(12-10-27-6-2-3-11-33-27)28-7-8-29-26(19-28)21-32-22-31(38)36-13-9-24(25(23-36)5-4-16-40-29)20-30(37)35-14-17-39-18-15-35/h2-8,11,19,24-25,32H,9-10,12-18,20-23H2,1H3/b5-4+/t24-,25-/m0/s1. The van der Waals surface area contributed by atoms with Crippen LogP contribution < -0.4 is 15.0 Å². The third-order valence-corrected chi connectivity index (χ3v) is 8.18. The highest BCUT2D eigenvalue weighted by atomic mass is 16.5. The van der Waals surface area contributed by atoms with Crippen LogP contribution in [0.1, 0.15) is 24.1 Å². The molecule has 2 fully saturated rings. The van der Waals surface area contributed by atoms with Crippen LogP contribution >= 0.6 is 0 Å². The number of rotatable bonds is 6. The van der Waals surface area contributed by atoms with Crippen LogP contribution in [0.2, 0.25) is 0 Å². The van der Waals surface area contributed by atoms with E-state index in [0.717, 1.165) is 42.1 Å². The highest BCUT2D eigenvalue weighted by Gasteiger charge is 2.32. The van der Waals surface area contributed by atoms with Crippen molar-refractivity contribution in [1.82, 2.24) is 20.1 Å². The molecule has 1 N–H and O–H groups in total. The molecule has 2 amide bonds. The molecule has 1 aromatic carbocycles. The van der Waals surface area contributed by atoms with Crippen molar-refractivity contribution < 1.29 is 19.1 Å². The van der Waals surface area contributed by atoms with Gasteiger partial charge >= 0.3 is 0 Å². The molecule has 9 heteroatoms. The fourth-order valence-electron chi connectivity index (χ4n) is 5.72. The molecule has 40 heavy (non-hydrogen) atoms. The first kappa shape index (κ1) is 28.1. The monoisotopic (exact) mass is 547 g/mol. The van der Waals surface area contributed by atoms with Crippen LogP contribution in [0.25, 0.3) is 0 Å². The second-order valence-electron chi connectivity index (χ2n) is 10.9. The molecule has 214 valence electrons. The van der Waals surface area contributed by atoms with Gasteiger partial charge in [0, 0.05) is 82.3 Å². The number of nitrogens with one attached hydrogen (secondary N) is 1. The zero-order valence-corrected chi connectivity index (χ0v) is 23.5. The van der Waals surface area contributed by atoms with E-state index >= 15 is 0 Å². The van der Waals surface area contributed by atoms with Gasteiger partial charge in [0.05, 0.1) is 19.8 Å². The Kier molecular flexibility index (Phi) is 9.67. The van der Waals surface area contributed by atoms with Crippen molar-refractivity contribution in [2.24, 2.45) is 11.8 Å². The maximum Gasteiger partial charge on any atom is 0.236 e. The van der Waals surface area contributed by atoms with E-state index in [1.54, 1.807) is 0 Å². The highest BCUT2D eigenvalue weighted by molar-refractivity contribution is 5.79. The number of amides is 2. The summed E-state index contributed by atoms with van der Waals surface area (Å²) in [5.41, 5.74) is 3.19. The van der Waals surface area contributed by atoms with E-state index in [9.17, 15) is 9.59 Å². The Balaban J connectivity index is 1.25. The third-order valence-electron chi connectivity index (χ3n) is 8.18. The largest absolute Gasteiger partial charge is 0.489 e. The van der Waals surface area contributed by atoms with Gasteiger partial charge in [-0.3, -0.25) is 14.6 Å². The minimum atomic E-state index is 0.0988. The summed E-state index contributed by atoms with van der Waals surface area (Å²) in [6.45, 7) is 5.96. The van der Waals surface area contributed by atoms with Gasteiger partial charge in [0.1, 0.15) is 12.4 Å². The van der Waals surface area contributed by atoms with E-state index in [2.05, 4.69) is 40.5 Å². The Morgan fingerprint density at radius 2 is 2.02 bits per heavy atom. The van der Waals surface area contributed by atoms with E-state index in [1.807, 2.05) is 46.3 Å². The number of morpholine rings is 1. The molecule has 1 aromatic heterocycles. The fourth-order valence-corrected chi connectivity index (χ4v) is 5.72. The summed E-state index contributed by atoms with van der Waals surface area (Å²) in [6.07, 6.45) is 8.22. The van der Waals surface area contributed by atoms with Gasteiger partial charge < -0.3 is 29.5 Å². The zero-order valence-electron chi connectivity index (χ0n) is 23.5. The van der Waals surface area contributed by atoms with Crippen LogP contribution in [0.15, 0.2) is 54.7 Å². The Morgan fingerprint density at radius 1 is 1.15 bits per heavy atom. The number of hydrogen-bond donors (Lipinski definition) is 1. The Bertz CT molecular complexity index is 1170. The van der Waals surface area contributed by atoms with Gasteiger partial charge in [-0.1, -0.05) is 18.2 Å². The molecule has 5 rings (SSSR count). The number of hydrogen-bond acceptors (Lipinski definition) is 7.